The highest BCUT2D eigenvalue weighted by Crippen LogP contribution is 2.26. The van der Waals surface area contributed by atoms with Crippen LogP contribution in [-0.4, -0.2) is 7.05 Å². The van der Waals surface area contributed by atoms with Gasteiger partial charge in [-0.2, -0.15) is 0 Å². The van der Waals surface area contributed by atoms with E-state index in [1.807, 2.05) is 0 Å². The maximum absolute atomic E-state index is 14.1. The van der Waals surface area contributed by atoms with E-state index in [0.29, 0.717) is 16.5 Å². The summed E-state index contributed by atoms with van der Waals surface area (Å²) in [6.07, 6.45) is 0.601. The van der Waals surface area contributed by atoms with Gasteiger partial charge < -0.3 is 5.32 Å². The van der Waals surface area contributed by atoms with Crippen LogP contribution >= 0.6 is 15.9 Å². The van der Waals surface area contributed by atoms with Gasteiger partial charge >= 0.3 is 0 Å². The second-order valence-electron chi connectivity index (χ2n) is 4.31. The highest BCUT2D eigenvalue weighted by molar-refractivity contribution is 9.10. The summed E-state index contributed by atoms with van der Waals surface area (Å²) in [5.41, 5.74) is 1.56. The number of likely N-dealkylation sites (N-methyl/N-ethyl adjacent to an activating group) is 1. The minimum atomic E-state index is -0.265. The molecular formula is C15H14BrF2N. The van der Waals surface area contributed by atoms with Crippen molar-refractivity contribution in [3.05, 3.63) is 69.7 Å². The lowest BCUT2D eigenvalue weighted by atomic mass is 9.98. The summed E-state index contributed by atoms with van der Waals surface area (Å²) in [4.78, 5) is 0. The van der Waals surface area contributed by atoms with Gasteiger partial charge in [-0.05, 0) is 53.2 Å². The van der Waals surface area contributed by atoms with Crippen molar-refractivity contribution in [1.82, 2.24) is 5.32 Å². The van der Waals surface area contributed by atoms with Gasteiger partial charge in [0.05, 0.1) is 4.47 Å². The van der Waals surface area contributed by atoms with E-state index in [1.165, 1.54) is 12.1 Å². The summed E-state index contributed by atoms with van der Waals surface area (Å²) in [5, 5.41) is 3.09. The van der Waals surface area contributed by atoms with Crippen LogP contribution in [0.5, 0.6) is 0 Å². The SMILES string of the molecule is CNC(Cc1ccc(F)cc1)c1cccc(Br)c1F. The van der Waals surface area contributed by atoms with Crippen LogP contribution in [0.3, 0.4) is 0 Å². The van der Waals surface area contributed by atoms with Crippen molar-refractivity contribution in [3.8, 4) is 0 Å². The molecule has 0 bridgehead atoms. The topological polar surface area (TPSA) is 12.0 Å². The van der Waals surface area contributed by atoms with E-state index < -0.39 is 0 Å². The molecule has 4 heteroatoms. The molecule has 2 aromatic rings. The largest absolute Gasteiger partial charge is 0.313 e. The van der Waals surface area contributed by atoms with E-state index in [9.17, 15) is 8.78 Å². The molecular weight excluding hydrogens is 312 g/mol. The van der Waals surface area contributed by atoms with Gasteiger partial charge in [0.2, 0.25) is 0 Å². The van der Waals surface area contributed by atoms with Crippen LogP contribution in [-0.2, 0) is 6.42 Å². The van der Waals surface area contributed by atoms with Crippen molar-refractivity contribution in [2.24, 2.45) is 0 Å². The Morgan fingerprint density at radius 3 is 2.42 bits per heavy atom. The average molecular weight is 326 g/mol. The first-order valence-corrected chi connectivity index (χ1v) is 6.76. The van der Waals surface area contributed by atoms with Gasteiger partial charge in [-0.1, -0.05) is 24.3 Å². The Kier molecular flexibility index (Phi) is 4.66. The molecule has 1 nitrogen and oxygen atoms in total. The molecule has 19 heavy (non-hydrogen) atoms. The molecule has 0 aliphatic rings. The van der Waals surface area contributed by atoms with Crippen LogP contribution in [0.2, 0.25) is 0 Å². The van der Waals surface area contributed by atoms with Gasteiger partial charge in [0.25, 0.3) is 0 Å². The van der Waals surface area contributed by atoms with Gasteiger partial charge in [-0.25, -0.2) is 8.78 Å². The Morgan fingerprint density at radius 1 is 1.11 bits per heavy atom. The number of hydrogen-bond acceptors (Lipinski definition) is 1. The fraction of sp³-hybridized carbons (Fsp3) is 0.200. The summed E-state index contributed by atoms with van der Waals surface area (Å²) >= 11 is 3.19. The molecule has 0 aliphatic heterocycles. The molecule has 1 N–H and O–H groups in total. The minimum absolute atomic E-state index is 0.150. The molecule has 0 heterocycles. The molecule has 0 aliphatic carbocycles. The summed E-state index contributed by atoms with van der Waals surface area (Å²) in [6.45, 7) is 0. The second-order valence-corrected chi connectivity index (χ2v) is 5.17. The van der Waals surface area contributed by atoms with E-state index in [0.717, 1.165) is 5.56 Å². The van der Waals surface area contributed by atoms with Crippen molar-refractivity contribution < 1.29 is 8.78 Å². The standard InChI is InChI=1S/C15H14BrF2N/c1-19-14(9-10-5-7-11(17)8-6-10)12-3-2-4-13(16)15(12)18/h2-8,14,19H,9H2,1H3. The van der Waals surface area contributed by atoms with Gasteiger partial charge in [-0.3, -0.25) is 0 Å². The highest BCUT2D eigenvalue weighted by Gasteiger charge is 2.16. The van der Waals surface area contributed by atoms with E-state index in [1.54, 1.807) is 37.4 Å². The number of rotatable bonds is 4. The third-order valence-electron chi connectivity index (χ3n) is 3.06. The first-order chi connectivity index (χ1) is 9.11. The Balaban J connectivity index is 2.25. The van der Waals surface area contributed by atoms with Crippen LogP contribution in [0.1, 0.15) is 17.2 Å². The van der Waals surface area contributed by atoms with Gasteiger partial charge in [0.15, 0.2) is 0 Å². The molecule has 0 fully saturated rings. The van der Waals surface area contributed by atoms with E-state index in [4.69, 9.17) is 0 Å². The maximum atomic E-state index is 14.1. The molecule has 1 atom stereocenters. The highest BCUT2D eigenvalue weighted by atomic mass is 79.9. The normalized spacial score (nSPS) is 12.4. The first-order valence-electron chi connectivity index (χ1n) is 5.97. The molecule has 1 unspecified atom stereocenters. The van der Waals surface area contributed by atoms with Crippen molar-refractivity contribution in [3.63, 3.8) is 0 Å². The quantitative estimate of drug-likeness (QED) is 0.887. The number of benzene rings is 2. The van der Waals surface area contributed by atoms with Crippen LogP contribution in [0.25, 0.3) is 0 Å². The Labute approximate surface area is 119 Å². The summed E-state index contributed by atoms with van der Waals surface area (Å²) in [6, 6.07) is 11.3. The summed E-state index contributed by atoms with van der Waals surface area (Å²) < 4.78 is 27.4. The molecule has 100 valence electrons. The fourth-order valence-corrected chi connectivity index (χ4v) is 2.39. The second kappa shape index (κ2) is 6.26. The van der Waals surface area contributed by atoms with Gasteiger partial charge in [0, 0.05) is 11.6 Å². The zero-order chi connectivity index (χ0) is 13.8. The van der Waals surface area contributed by atoms with Gasteiger partial charge in [-0.15, -0.1) is 0 Å². The van der Waals surface area contributed by atoms with Crippen LogP contribution in [0.15, 0.2) is 46.9 Å². The molecule has 2 aromatic carbocycles. The minimum Gasteiger partial charge on any atom is -0.313 e. The lowest BCUT2D eigenvalue weighted by Crippen LogP contribution is -2.20. The Bertz CT molecular complexity index is 555. The first kappa shape index (κ1) is 14.2. The van der Waals surface area contributed by atoms with Crippen LogP contribution in [0.4, 0.5) is 8.78 Å². The van der Waals surface area contributed by atoms with Crippen LogP contribution in [0, 0.1) is 11.6 Å². The summed E-state index contributed by atoms with van der Waals surface area (Å²) in [7, 11) is 1.79. The van der Waals surface area contributed by atoms with E-state index in [2.05, 4.69) is 21.2 Å². The molecule has 2 rings (SSSR count). The lowest BCUT2D eigenvalue weighted by Gasteiger charge is -2.18. The maximum Gasteiger partial charge on any atom is 0.142 e. The zero-order valence-corrected chi connectivity index (χ0v) is 12.0. The lowest BCUT2D eigenvalue weighted by molar-refractivity contribution is 0.530. The predicted molar refractivity (Wildman–Crippen MR) is 76.0 cm³/mol. The van der Waals surface area contributed by atoms with Crippen LogP contribution < -0.4 is 5.32 Å². The monoisotopic (exact) mass is 325 g/mol. The number of halogens is 3. The van der Waals surface area contributed by atoms with E-state index >= 15 is 0 Å². The molecule has 0 spiro atoms. The smallest absolute Gasteiger partial charge is 0.142 e. The predicted octanol–water partition coefficient (Wildman–Crippen LogP) is 4.23. The summed E-state index contributed by atoms with van der Waals surface area (Å²) in [5.74, 6) is -0.526. The van der Waals surface area contributed by atoms with E-state index in [-0.39, 0.29) is 17.7 Å². The van der Waals surface area contributed by atoms with Gasteiger partial charge in [0.1, 0.15) is 11.6 Å². The van der Waals surface area contributed by atoms with Crippen molar-refractivity contribution in [2.75, 3.05) is 7.05 Å². The molecule has 0 radical (unpaired) electrons. The number of nitrogens with one attached hydrogen (secondary N) is 1. The third kappa shape index (κ3) is 3.39. The molecule has 0 amide bonds. The number of hydrogen-bond donors (Lipinski definition) is 1. The van der Waals surface area contributed by atoms with Crippen molar-refractivity contribution in [1.29, 1.82) is 0 Å². The van der Waals surface area contributed by atoms with Crippen molar-refractivity contribution >= 4 is 15.9 Å². The third-order valence-corrected chi connectivity index (χ3v) is 3.67. The average Bonchev–Trinajstić information content (AvgIpc) is 2.42. The molecule has 0 saturated carbocycles. The zero-order valence-electron chi connectivity index (χ0n) is 10.5. The molecule has 0 saturated heterocycles. The Hall–Kier alpha value is -1.26. The van der Waals surface area contributed by atoms with Crippen molar-refractivity contribution in [2.45, 2.75) is 12.5 Å². The fourth-order valence-electron chi connectivity index (χ4n) is 2.01. The Morgan fingerprint density at radius 2 is 1.79 bits per heavy atom. The molecule has 0 aromatic heterocycles.